The summed E-state index contributed by atoms with van der Waals surface area (Å²) in [6.45, 7) is 0. The van der Waals surface area contributed by atoms with Gasteiger partial charge < -0.3 is 4.74 Å². The number of hydrogen-bond donors (Lipinski definition) is 0. The van der Waals surface area contributed by atoms with Crippen LogP contribution < -0.4 is 4.74 Å². The Labute approximate surface area is 256 Å². The average molecular weight is 563 g/mol. The largest absolute Gasteiger partial charge is 0.457 e. The van der Waals surface area contributed by atoms with Crippen LogP contribution in [0.4, 0.5) is 0 Å². The molecule has 0 bridgehead atoms. The van der Waals surface area contributed by atoms with Gasteiger partial charge in [-0.05, 0) is 63.7 Å². The minimum Gasteiger partial charge on any atom is -0.457 e. The second kappa shape index (κ2) is 9.62. The molecule has 0 fully saturated rings. The molecule has 0 atom stereocenters. The van der Waals surface area contributed by atoms with Gasteiger partial charge in [-0.2, -0.15) is 0 Å². The zero-order valence-corrected chi connectivity index (χ0v) is 23.8. The summed E-state index contributed by atoms with van der Waals surface area (Å²) < 4.78 is 6.59. The number of nitrogens with zero attached hydrogens (tertiary/aromatic N) is 2. The van der Waals surface area contributed by atoms with E-state index in [0.717, 1.165) is 50.7 Å². The summed E-state index contributed by atoms with van der Waals surface area (Å²) >= 11 is 0. The number of rotatable bonds is 3. The lowest BCUT2D eigenvalue weighted by molar-refractivity contribution is 0.436. The van der Waals surface area contributed by atoms with E-state index in [-0.39, 0.29) is 0 Å². The fourth-order valence-corrected chi connectivity index (χ4v) is 7.12. The van der Waals surface area contributed by atoms with Crippen LogP contribution in [0.5, 0.6) is 11.5 Å². The van der Waals surface area contributed by atoms with Crippen molar-refractivity contribution in [2.24, 2.45) is 0 Å². The molecule has 0 radical (unpaired) electrons. The number of aromatic nitrogens is 2. The van der Waals surface area contributed by atoms with E-state index in [0.29, 0.717) is 0 Å². The molecule has 7 aromatic rings. The summed E-state index contributed by atoms with van der Waals surface area (Å²) in [5.74, 6) is 1.80. The minimum absolute atomic E-state index is 0.469. The highest BCUT2D eigenvalue weighted by Gasteiger charge is 2.50. The molecular weight excluding hydrogens is 536 g/mol. The van der Waals surface area contributed by atoms with Gasteiger partial charge in [-0.1, -0.05) is 127 Å². The maximum Gasteiger partial charge on any atom is 0.132 e. The van der Waals surface area contributed by atoms with Crippen molar-refractivity contribution in [1.29, 1.82) is 0 Å². The van der Waals surface area contributed by atoms with Gasteiger partial charge in [0.05, 0.1) is 16.8 Å². The van der Waals surface area contributed by atoms with Crippen LogP contribution >= 0.6 is 0 Å². The Hall–Kier alpha value is -5.80. The molecule has 2 heterocycles. The Balaban J connectivity index is 1.16. The fourth-order valence-electron chi connectivity index (χ4n) is 7.12. The van der Waals surface area contributed by atoms with Crippen molar-refractivity contribution in [3.8, 4) is 56.3 Å². The van der Waals surface area contributed by atoms with Crippen molar-refractivity contribution in [2.75, 3.05) is 0 Å². The highest BCUT2D eigenvalue weighted by Crippen LogP contribution is 2.62. The summed E-state index contributed by atoms with van der Waals surface area (Å²) in [6, 6.07) is 55.6. The Kier molecular flexibility index (Phi) is 5.41. The number of benzene rings is 6. The Morgan fingerprint density at radius 1 is 0.364 bits per heavy atom. The van der Waals surface area contributed by atoms with Crippen LogP contribution in [0, 0.1) is 0 Å². The van der Waals surface area contributed by atoms with Crippen LogP contribution in [0.2, 0.25) is 0 Å². The molecule has 2 aliphatic rings. The summed E-state index contributed by atoms with van der Waals surface area (Å²) in [6.07, 6.45) is 0. The maximum absolute atomic E-state index is 6.59. The summed E-state index contributed by atoms with van der Waals surface area (Å²) in [7, 11) is 0. The smallest absolute Gasteiger partial charge is 0.132 e. The molecule has 44 heavy (non-hydrogen) atoms. The van der Waals surface area contributed by atoms with Crippen molar-refractivity contribution in [2.45, 2.75) is 5.41 Å². The van der Waals surface area contributed by atoms with E-state index in [1.54, 1.807) is 0 Å². The molecule has 0 saturated carbocycles. The first-order chi connectivity index (χ1) is 21.8. The molecule has 0 unspecified atom stereocenters. The van der Waals surface area contributed by atoms with E-state index in [2.05, 4.69) is 125 Å². The van der Waals surface area contributed by atoms with Gasteiger partial charge in [0.15, 0.2) is 0 Å². The standard InChI is InChI=1S/C41H26N2O/c1-2-10-28(11-3-1)37-23-24-38(43-42-37)29-20-18-27(19-21-29)30-22-25-40-36(26-30)41(35-16-8-9-17-39(35)44-40)33-14-6-4-12-31(33)32-13-5-7-15-34(32)41/h1-26H. The number of para-hydroxylation sites is 1. The summed E-state index contributed by atoms with van der Waals surface area (Å²) in [5, 5.41) is 9.02. The van der Waals surface area contributed by atoms with Crippen molar-refractivity contribution in [3.05, 3.63) is 180 Å². The molecule has 0 N–H and O–H groups in total. The van der Waals surface area contributed by atoms with Gasteiger partial charge in [-0.3, -0.25) is 0 Å². The van der Waals surface area contributed by atoms with Crippen molar-refractivity contribution in [1.82, 2.24) is 10.2 Å². The average Bonchev–Trinajstić information content (AvgIpc) is 3.40. The highest BCUT2D eigenvalue weighted by molar-refractivity contribution is 5.89. The predicted octanol–water partition coefficient (Wildman–Crippen LogP) is 9.95. The molecule has 0 saturated heterocycles. The molecule has 3 nitrogen and oxygen atoms in total. The van der Waals surface area contributed by atoms with E-state index in [1.807, 2.05) is 42.5 Å². The Bertz CT molecular complexity index is 2140. The van der Waals surface area contributed by atoms with E-state index < -0.39 is 5.41 Å². The van der Waals surface area contributed by atoms with E-state index in [4.69, 9.17) is 4.74 Å². The third-order valence-electron chi connectivity index (χ3n) is 9.09. The first-order valence-corrected chi connectivity index (χ1v) is 14.9. The normalized spacial score (nSPS) is 13.4. The second-order valence-electron chi connectivity index (χ2n) is 11.4. The van der Waals surface area contributed by atoms with E-state index in [9.17, 15) is 0 Å². The predicted molar refractivity (Wildman–Crippen MR) is 176 cm³/mol. The van der Waals surface area contributed by atoms with Crippen molar-refractivity contribution in [3.63, 3.8) is 0 Å². The van der Waals surface area contributed by atoms with Gasteiger partial charge in [0, 0.05) is 22.3 Å². The summed E-state index contributed by atoms with van der Waals surface area (Å²) in [5.41, 5.74) is 13.1. The number of ether oxygens (including phenoxy) is 1. The van der Waals surface area contributed by atoms with Crippen molar-refractivity contribution >= 4 is 0 Å². The van der Waals surface area contributed by atoms with Gasteiger partial charge in [-0.15, -0.1) is 10.2 Å². The fraction of sp³-hybridized carbons (Fsp3) is 0.0244. The molecule has 0 amide bonds. The lowest BCUT2D eigenvalue weighted by Gasteiger charge is -2.39. The third-order valence-corrected chi connectivity index (χ3v) is 9.09. The van der Waals surface area contributed by atoms with Gasteiger partial charge >= 0.3 is 0 Å². The number of fused-ring (bicyclic) bond motifs is 9. The Morgan fingerprint density at radius 2 is 0.864 bits per heavy atom. The zero-order valence-electron chi connectivity index (χ0n) is 23.8. The van der Waals surface area contributed by atoms with Crippen LogP contribution in [0.1, 0.15) is 22.3 Å². The zero-order chi connectivity index (χ0) is 29.1. The molecule has 1 aliphatic carbocycles. The lowest BCUT2D eigenvalue weighted by atomic mass is 9.66. The van der Waals surface area contributed by atoms with Gasteiger partial charge in [-0.25, -0.2) is 0 Å². The SMILES string of the molecule is c1ccc(-c2ccc(-c3ccc(-c4ccc5c(c4)C4(c6ccccc6O5)c5ccccc5-c5ccccc54)cc3)nn2)cc1. The van der Waals surface area contributed by atoms with Gasteiger partial charge in [0.25, 0.3) is 0 Å². The first-order valence-electron chi connectivity index (χ1n) is 14.9. The van der Waals surface area contributed by atoms with Crippen LogP contribution in [0.15, 0.2) is 158 Å². The van der Waals surface area contributed by atoms with Crippen molar-refractivity contribution < 1.29 is 4.74 Å². The van der Waals surface area contributed by atoms with Crippen LogP contribution in [0.3, 0.4) is 0 Å². The van der Waals surface area contributed by atoms with E-state index in [1.165, 1.54) is 27.8 Å². The van der Waals surface area contributed by atoms with E-state index >= 15 is 0 Å². The van der Waals surface area contributed by atoms with Gasteiger partial charge in [0.1, 0.15) is 11.5 Å². The highest BCUT2D eigenvalue weighted by atomic mass is 16.5. The Morgan fingerprint density at radius 3 is 1.52 bits per heavy atom. The number of hydrogen-bond acceptors (Lipinski definition) is 3. The molecule has 6 aromatic carbocycles. The molecule has 3 heteroatoms. The quantitative estimate of drug-likeness (QED) is 0.215. The summed E-state index contributed by atoms with van der Waals surface area (Å²) in [4.78, 5) is 0. The molecule has 1 aromatic heterocycles. The second-order valence-corrected chi connectivity index (χ2v) is 11.4. The molecule has 1 spiro atoms. The monoisotopic (exact) mass is 562 g/mol. The van der Waals surface area contributed by atoms with Crippen LogP contribution in [-0.4, -0.2) is 10.2 Å². The van der Waals surface area contributed by atoms with Crippen LogP contribution in [0.25, 0.3) is 44.8 Å². The molecular formula is C41H26N2O. The molecule has 206 valence electrons. The maximum atomic E-state index is 6.59. The first kappa shape index (κ1) is 24.8. The lowest BCUT2D eigenvalue weighted by Crippen LogP contribution is -2.32. The molecule has 9 rings (SSSR count). The third kappa shape index (κ3) is 3.56. The molecule has 1 aliphatic heterocycles. The topological polar surface area (TPSA) is 35.0 Å². The van der Waals surface area contributed by atoms with Crippen LogP contribution in [-0.2, 0) is 5.41 Å². The van der Waals surface area contributed by atoms with Gasteiger partial charge in [0.2, 0.25) is 0 Å². The minimum atomic E-state index is -0.469.